The zero-order valence-electron chi connectivity index (χ0n) is 20.7. The van der Waals surface area contributed by atoms with E-state index in [1.807, 2.05) is 0 Å². The summed E-state index contributed by atoms with van der Waals surface area (Å²) in [5.74, 6) is -3.07. The molecule has 3 rings (SSSR count). The maximum atomic E-state index is 13.1. The molecule has 0 spiro atoms. The summed E-state index contributed by atoms with van der Waals surface area (Å²) in [5, 5.41) is 7.30. The standard InChI is InChI=1S/C21H25N5O9S3/c1-5-12(27)34-9(2)35-20(31)16-11(36-4)8-37-19-15(18(30)26(16)19)24-17(29)14(10-7-38-21(22)23-10)25-33-6-13(28)32-3/h7,9,15,19H,5-6,8H2,1-4H3,(H2,22,23)(H,24,29)/b25-14+/t9?,15?,19-/m1/s1. The molecule has 1 saturated heterocycles. The second kappa shape index (κ2) is 13.0. The van der Waals surface area contributed by atoms with Crippen LogP contribution < -0.4 is 11.1 Å². The number of amides is 2. The molecule has 1 aromatic heterocycles. The van der Waals surface area contributed by atoms with E-state index in [9.17, 15) is 24.0 Å². The summed E-state index contributed by atoms with van der Waals surface area (Å²) in [6.45, 7) is 2.45. The number of anilines is 1. The molecule has 3 atom stereocenters. The number of thiazole rings is 1. The van der Waals surface area contributed by atoms with Gasteiger partial charge < -0.3 is 30.1 Å². The van der Waals surface area contributed by atoms with E-state index in [1.165, 1.54) is 47.8 Å². The molecule has 17 heteroatoms. The monoisotopic (exact) mass is 587 g/mol. The van der Waals surface area contributed by atoms with Crippen LogP contribution in [0.4, 0.5) is 5.13 Å². The Hall–Kier alpha value is -3.31. The highest BCUT2D eigenvalue weighted by atomic mass is 32.2. The first-order valence-corrected chi connectivity index (χ1v) is 14.2. The summed E-state index contributed by atoms with van der Waals surface area (Å²) in [5.41, 5.74) is 5.47. The zero-order chi connectivity index (χ0) is 28.0. The van der Waals surface area contributed by atoms with Crippen molar-refractivity contribution < 1.29 is 43.0 Å². The molecule has 2 amide bonds. The predicted octanol–water partition coefficient (Wildman–Crippen LogP) is 0.436. The van der Waals surface area contributed by atoms with Crippen LogP contribution in [0.5, 0.6) is 0 Å². The Kier molecular flexibility index (Phi) is 9.98. The summed E-state index contributed by atoms with van der Waals surface area (Å²) in [6.07, 6.45) is 0.710. The maximum Gasteiger partial charge on any atom is 0.359 e. The molecule has 1 aromatic rings. The van der Waals surface area contributed by atoms with Gasteiger partial charge >= 0.3 is 17.9 Å². The van der Waals surface area contributed by atoms with Gasteiger partial charge in [0, 0.05) is 29.4 Å². The topological polar surface area (TPSA) is 189 Å². The summed E-state index contributed by atoms with van der Waals surface area (Å²) in [6, 6.07) is -1.00. The molecule has 3 heterocycles. The van der Waals surface area contributed by atoms with Gasteiger partial charge in [-0.15, -0.1) is 34.9 Å². The largest absolute Gasteiger partial charge is 0.466 e. The fourth-order valence-electron chi connectivity index (χ4n) is 3.25. The smallest absolute Gasteiger partial charge is 0.359 e. The molecular formula is C21H25N5O9S3. The Bertz CT molecular complexity index is 1180. The van der Waals surface area contributed by atoms with Crippen molar-refractivity contribution in [3.8, 4) is 0 Å². The molecule has 38 heavy (non-hydrogen) atoms. The van der Waals surface area contributed by atoms with Crippen LogP contribution in [0, 0.1) is 0 Å². The number of rotatable bonds is 11. The minimum Gasteiger partial charge on any atom is -0.466 e. The van der Waals surface area contributed by atoms with Gasteiger partial charge in [0.05, 0.1) is 7.11 Å². The number of methoxy groups -OCH3 is 1. The highest BCUT2D eigenvalue weighted by Crippen LogP contribution is 2.43. The lowest BCUT2D eigenvalue weighted by Crippen LogP contribution is -2.71. The molecule has 2 aliphatic heterocycles. The summed E-state index contributed by atoms with van der Waals surface area (Å²) in [4.78, 5) is 72.8. The number of thioether (sulfide) groups is 2. The van der Waals surface area contributed by atoms with Gasteiger partial charge in [0.15, 0.2) is 10.8 Å². The number of oxime groups is 1. The van der Waals surface area contributed by atoms with Gasteiger partial charge in [0.25, 0.3) is 11.8 Å². The second-order valence-corrected chi connectivity index (χ2v) is 10.4. The molecular weight excluding hydrogens is 562 g/mol. The first-order valence-electron chi connectivity index (χ1n) is 11.0. The minimum atomic E-state index is -1.15. The number of nitrogens with two attached hydrogens (primary N) is 1. The SMILES string of the molecule is CCC(=O)OC(C)OC(=O)C1=C(SC)CS[C@@H]2C(NC(=O)/C(=N/OCC(=O)OC)c3csc(N)n3)C(=O)N12. The van der Waals surface area contributed by atoms with Gasteiger partial charge in [-0.3, -0.25) is 19.3 Å². The van der Waals surface area contributed by atoms with E-state index >= 15 is 0 Å². The van der Waals surface area contributed by atoms with E-state index in [0.29, 0.717) is 10.7 Å². The number of carbonyl (C=O) groups is 5. The van der Waals surface area contributed by atoms with Crippen LogP contribution in [0.1, 0.15) is 26.0 Å². The van der Waals surface area contributed by atoms with Crippen molar-refractivity contribution in [1.82, 2.24) is 15.2 Å². The van der Waals surface area contributed by atoms with Crippen LogP contribution in [0.3, 0.4) is 0 Å². The Morgan fingerprint density at radius 1 is 1.32 bits per heavy atom. The number of fused-ring (bicyclic) bond motifs is 1. The molecule has 0 aromatic carbocycles. The highest BCUT2D eigenvalue weighted by molar-refractivity contribution is 8.05. The average molecular weight is 588 g/mol. The Morgan fingerprint density at radius 2 is 2.05 bits per heavy atom. The van der Waals surface area contributed by atoms with Gasteiger partial charge in [-0.05, 0) is 6.26 Å². The molecule has 3 N–H and O–H groups in total. The average Bonchev–Trinajstić information content (AvgIpc) is 3.33. The molecule has 0 saturated carbocycles. The van der Waals surface area contributed by atoms with Crippen molar-refractivity contribution in [3.63, 3.8) is 0 Å². The van der Waals surface area contributed by atoms with Crippen molar-refractivity contribution in [2.45, 2.75) is 38.0 Å². The maximum absolute atomic E-state index is 13.1. The number of hydrogen-bond acceptors (Lipinski definition) is 15. The molecule has 0 radical (unpaired) electrons. The summed E-state index contributed by atoms with van der Waals surface area (Å²) in [7, 11) is 1.17. The lowest BCUT2D eigenvalue weighted by atomic mass is 10.0. The van der Waals surface area contributed by atoms with E-state index in [1.54, 1.807) is 13.2 Å². The number of carbonyl (C=O) groups excluding carboxylic acids is 5. The third kappa shape index (κ3) is 6.57. The Labute approximate surface area is 229 Å². The molecule has 2 aliphatic rings. The fraction of sp³-hybridized carbons (Fsp3) is 0.476. The van der Waals surface area contributed by atoms with Gasteiger partial charge in [-0.25, -0.2) is 14.6 Å². The quantitative estimate of drug-likeness (QED) is 0.119. The van der Waals surface area contributed by atoms with Crippen LogP contribution in [-0.2, 0) is 43.0 Å². The summed E-state index contributed by atoms with van der Waals surface area (Å²) >= 11 is 3.68. The Balaban J connectivity index is 1.75. The molecule has 1 fully saturated rings. The van der Waals surface area contributed by atoms with Gasteiger partial charge in [0.2, 0.25) is 12.9 Å². The van der Waals surface area contributed by atoms with Crippen molar-refractivity contribution in [2.24, 2.45) is 5.16 Å². The lowest BCUT2D eigenvalue weighted by molar-refractivity contribution is -0.184. The van der Waals surface area contributed by atoms with Crippen molar-refractivity contribution >= 4 is 75.4 Å². The van der Waals surface area contributed by atoms with Gasteiger partial charge in [-0.2, -0.15) is 0 Å². The van der Waals surface area contributed by atoms with Crippen molar-refractivity contribution in [2.75, 3.05) is 31.5 Å². The van der Waals surface area contributed by atoms with E-state index in [0.717, 1.165) is 11.3 Å². The fourth-order valence-corrected chi connectivity index (χ4v) is 6.05. The van der Waals surface area contributed by atoms with Crippen molar-refractivity contribution in [1.29, 1.82) is 0 Å². The Morgan fingerprint density at radius 3 is 2.66 bits per heavy atom. The first-order chi connectivity index (χ1) is 18.1. The van der Waals surface area contributed by atoms with Crippen LogP contribution in [0.2, 0.25) is 0 Å². The van der Waals surface area contributed by atoms with E-state index in [-0.39, 0.29) is 28.7 Å². The number of aromatic nitrogens is 1. The normalized spacial score (nSPS) is 19.6. The minimum absolute atomic E-state index is 0.0266. The second-order valence-electron chi connectivity index (χ2n) is 7.51. The first kappa shape index (κ1) is 29.2. The lowest BCUT2D eigenvalue weighted by Gasteiger charge is -2.49. The number of nitrogen functional groups attached to an aromatic ring is 1. The van der Waals surface area contributed by atoms with Crippen LogP contribution in [0.15, 0.2) is 21.1 Å². The third-order valence-corrected chi connectivity index (χ3v) is 8.03. The number of hydrogen-bond donors (Lipinski definition) is 2. The number of β-lactam (4-membered cyclic amide) rings is 1. The zero-order valence-corrected chi connectivity index (χ0v) is 23.2. The van der Waals surface area contributed by atoms with Crippen LogP contribution >= 0.6 is 34.9 Å². The van der Waals surface area contributed by atoms with E-state index < -0.39 is 54.0 Å². The highest BCUT2D eigenvalue weighted by Gasteiger charge is 2.55. The molecule has 14 nitrogen and oxygen atoms in total. The number of esters is 3. The predicted molar refractivity (Wildman–Crippen MR) is 139 cm³/mol. The van der Waals surface area contributed by atoms with Crippen LogP contribution in [0.25, 0.3) is 0 Å². The van der Waals surface area contributed by atoms with E-state index in [2.05, 4.69) is 20.2 Å². The molecule has 206 valence electrons. The van der Waals surface area contributed by atoms with Crippen molar-refractivity contribution in [3.05, 3.63) is 21.7 Å². The molecule has 0 aliphatic carbocycles. The van der Waals surface area contributed by atoms with Gasteiger partial charge in [-0.1, -0.05) is 12.1 Å². The van der Waals surface area contributed by atoms with Crippen LogP contribution in [-0.4, -0.2) is 88.7 Å². The van der Waals surface area contributed by atoms with Gasteiger partial charge in [0.1, 0.15) is 22.8 Å². The van der Waals surface area contributed by atoms with E-state index in [4.69, 9.17) is 20.0 Å². The molecule has 0 bridgehead atoms. The number of nitrogens with one attached hydrogen (secondary N) is 1. The summed E-state index contributed by atoms with van der Waals surface area (Å²) < 4.78 is 14.7. The third-order valence-electron chi connectivity index (χ3n) is 5.06. The number of ether oxygens (including phenoxy) is 3. The number of nitrogens with zero attached hydrogens (tertiary/aromatic N) is 3. The molecule has 2 unspecified atom stereocenters.